The van der Waals surface area contributed by atoms with Crippen LogP contribution in [0.4, 0.5) is 9.28 Å². The van der Waals surface area contributed by atoms with E-state index >= 15 is 0 Å². The Labute approximate surface area is 63.9 Å². The Kier molecular flexibility index (Phi) is 2.64. The summed E-state index contributed by atoms with van der Waals surface area (Å²) in [6.45, 7) is 0.649. The van der Waals surface area contributed by atoms with Gasteiger partial charge in [0.05, 0.1) is 0 Å². The molecule has 64 valence electrons. The molecule has 0 bridgehead atoms. The largest absolute Gasteiger partial charge is 0.465 e. The summed E-state index contributed by atoms with van der Waals surface area (Å²) in [6.07, 6.45) is 0.0910. The monoisotopic (exact) mass is 162 g/mol. The van der Waals surface area contributed by atoms with Crippen LogP contribution in [0.2, 0.25) is 0 Å². The van der Waals surface area contributed by atoms with Gasteiger partial charge in [0.2, 0.25) is 0 Å². The second-order valence-corrected chi connectivity index (χ2v) is 2.63. The number of nitrogens with zero attached hydrogens (tertiary/aromatic N) is 1. The van der Waals surface area contributed by atoms with E-state index in [0.717, 1.165) is 0 Å². The van der Waals surface area contributed by atoms with Crippen LogP contribution < -0.4 is 5.32 Å². The molecular weight excluding hydrogens is 151 g/mol. The second kappa shape index (κ2) is 3.52. The smallest absolute Gasteiger partial charge is 0.404 e. The minimum atomic E-state index is -1.03. The van der Waals surface area contributed by atoms with Crippen LogP contribution in [0.25, 0.3) is 0 Å². The fourth-order valence-corrected chi connectivity index (χ4v) is 1.17. The number of rotatable bonds is 1. The average Bonchev–Trinajstić information content (AvgIpc) is 1.93. The summed E-state index contributed by atoms with van der Waals surface area (Å²) in [6, 6.07) is -0.0699. The lowest BCUT2D eigenvalue weighted by atomic mass is 10.1. The van der Waals surface area contributed by atoms with Crippen LogP contribution >= 0.6 is 0 Å². The molecule has 0 aromatic rings. The molecule has 0 atom stereocenters. The molecular formula is C6H11FN2O2. The molecule has 2 N–H and O–H groups in total. The van der Waals surface area contributed by atoms with Crippen molar-refractivity contribution in [2.75, 3.05) is 13.1 Å². The molecule has 1 fully saturated rings. The topological polar surface area (TPSA) is 52.6 Å². The standard InChI is InChI=1S/C6H11FN2O2/c7-9-3-1-5(2-4-9)8-6(10)11/h5,8H,1-4H2,(H,10,11). The van der Waals surface area contributed by atoms with Gasteiger partial charge in [0.15, 0.2) is 0 Å². The zero-order chi connectivity index (χ0) is 8.27. The van der Waals surface area contributed by atoms with Crippen LogP contribution in [-0.2, 0) is 0 Å². The number of piperidine rings is 1. The predicted octanol–water partition coefficient (Wildman–Crippen LogP) is 0.603. The predicted molar refractivity (Wildman–Crippen MR) is 36.9 cm³/mol. The molecule has 5 heteroatoms. The van der Waals surface area contributed by atoms with Gasteiger partial charge in [-0.3, -0.25) is 0 Å². The minimum Gasteiger partial charge on any atom is -0.465 e. The zero-order valence-electron chi connectivity index (χ0n) is 6.09. The summed E-state index contributed by atoms with van der Waals surface area (Å²) in [4.78, 5) is 10.1. The Bertz CT molecular complexity index is 146. The molecule has 1 rings (SSSR count). The van der Waals surface area contributed by atoms with Gasteiger partial charge < -0.3 is 10.4 Å². The highest BCUT2D eigenvalue weighted by Gasteiger charge is 2.19. The van der Waals surface area contributed by atoms with E-state index in [-0.39, 0.29) is 6.04 Å². The van der Waals surface area contributed by atoms with Crippen LogP contribution in [0.5, 0.6) is 0 Å². The van der Waals surface area contributed by atoms with Crippen molar-refractivity contribution >= 4 is 6.09 Å². The maximum Gasteiger partial charge on any atom is 0.404 e. The molecule has 0 aromatic heterocycles. The van der Waals surface area contributed by atoms with Crippen molar-refractivity contribution in [2.45, 2.75) is 18.9 Å². The number of amides is 1. The fraction of sp³-hybridized carbons (Fsp3) is 0.833. The van der Waals surface area contributed by atoms with Crippen molar-refractivity contribution in [3.8, 4) is 0 Å². The maximum atomic E-state index is 12.4. The summed E-state index contributed by atoms with van der Waals surface area (Å²) >= 11 is 0. The summed E-state index contributed by atoms with van der Waals surface area (Å²) in [5.41, 5.74) is 0. The first kappa shape index (κ1) is 8.26. The molecule has 0 unspecified atom stereocenters. The molecule has 0 spiro atoms. The summed E-state index contributed by atoms with van der Waals surface area (Å²) in [5, 5.41) is 11.3. The van der Waals surface area contributed by atoms with Crippen molar-refractivity contribution in [3.05, 3.63) is 0 Å². The Morgan fingerprint density at radius 2 is 2.09 bits per heavy atom. The van der Waals surface area contributed by atoms with Crippen molar-refractivity contribution in [1.82, 2.24) is 10.4 Å². The van der Waals surface area contributed by atoms with Crippen LogP contribution in [0.1, 0.15) is 12.8 Å². The number of hydrogen-bond donors (Lipinski definition) is 2. The zero-order valence-corrected chi connectivity index (χ0v) is 6.09. The third-order valence-corrected chi connectivity index (χ3v) is 1.77. The molecule has 1 aliphatic rings. The highest BCUT2D eigenvalue weighted by Crippen LogP contribution is 2.09. The second-order valence-electron chi connectivity index (χ2n) is 2.63. The van der Waals surface area contributed by atoms with Crippen molar-refractivity contribution in [1.29, 1.82) is 0 Å². The lowest BCUT2D eigenvalue weighted by Crippen LogP contribution is -2.41. The van der Waals surface area contributed by atoms with Gasteiger partial charge in [-0.2, -0.15) is 0 Å². The van der Waals surface area contributed by atoms with Crippen LogP contribution in [0.3, 0.4) is 0 Å². The van der Waals surface area contributed by atoms with E-state index < -0.39 is 6.09 Å². The molecule has 1 aliphatic heterocycles. The molecule has 11 heavy (non-hydrogen) atoms. The molecule has 1 heterocycles. The Balaban J connectivity index is 2.22. The van der Waals surface area contributed by atoms with E-state index in [2.05, 4.69) is 5.32 Å². The van der Waals surface area contributed by atoms with Gasteiger partial charge in [0, 0.05) is 19.1 Å². The lowest BCUT2D eigenvalue weighted by molar-refractivity contribution is -0.00182. The molecule has 4 nitrogen and oxygen atoms in total. The lowest BCUT2D eigenvalue weighted by Gasteiger charge is -2.25. The highest BCUT2D eigenvalue weighted by molar-refractivity contribution is 5.64. The third-order valence-electron chi connectivity index (χ3n) is 1.77. The Hall–Kier alpha value is -0.840. The Morgan fingerprint density at radius 1 is 1.55 bits per heavy atom. The number of hydrogen-bond acceptors (Lipinski definition) is 2. The number of nitrogens with one attached hydrogen (secondary N) is 1. The van der Waals surface area contributed by atoms with Crippen molar-refractivity contribution < 1.29 is 14.4 Å². The van der Waals surface area contributed by atoms with Gasteiger partial charge in [-0.05, 0) is 12.8 Å². The highest BCUT2D eigenvalue weighted by atomic mass is 19.2. The Morgan fingerprint density at radius 3 is 2.55 bits per heavy atom. The average molecular weight is 162 g/mol. The van der Waals surface area contributed by atoms with Crippen LogP contribution in [-0.4, -0.2) is 35.5 Å². The van der Waals surface area contributed by atoms with Crippen molar-refractivity contribution in [2.24, 2.45) is 0 Å². The minimum absolute atomic E-state index is 0.0699. The molecule has 0 aromatic carbocycles. The van der Waals surface area contributed by atoms with Gasteiger partial charge in [0.1, 0.15) is 0 Å². The summed E-state index contributed by atoms with van der Waals surface area (Å²) in [5.74, 6) is 0. The first-order valence-electron chi connectivity index (χ1n) is 3.58. The van der Waals surface area contributed by atoms with E-state index in [0.29, 0.717) is 31.1 Å². The normalized spacial score (nSPS) is 21.5. The first-order valence-corrected chi connectivity index (χ1v) is 3.58. The molecule has 1 amide bonds. The van der Waals surface area contributed by atoms with E-state index in [1.807, 2.05) is 0 Å². The number of carbonyl (C=O) groups is 1. The van der Waals surface area contributed by atoms with E-state index in [1.54, 1.807) is 0 Å². The van der Waals surface area contributed by atoms with Gasteiger partial charge in [-0.25, -0.2) is 4.79 Å². The fourth-order valence-electron chi connectivity index (χ4n) is 1.17. The summed E-state index contributed by atoms with van der Waals surface area (Å²) < 4.78 is 12.4. The third kappa shape index (κ3) is 2.71. The van der Waals surface area contributed by atoms with Crippen molar-refractivity contribution in [3.63, 3.8) is 0 Å². The maximum absolute atomic E-state index is 12.4. The SMILES string of the molecule is O=C(O)NC1CCN(F)CC1. The molecule has 0 aliphatic carbocycles. The van der Waals surface area contributed by atoms with Gasteiger partial charge in [-0.15, -0.1) is 9.60 Å². The molecule has 0 saturated carbocycles. The summed E-state index contributed by atoms with van der Waals surface area (Å²) in [7, 11) is 0. The number of halogens is 1. The van der Waals surface area contributed by atoms with E-state index in [1.165, 1.54) is 0 Å². The molecule has 0 radical (unpaired) electrons. The van der Waals surface area contributed by atoms with Crippen LogP contribution in [0.15, 0.2) is 0 Å². The van der Waals surface area contributed by atoms with E-state index in [4.69, 9.17) is 5.11 Å². The first-order chi connectivity index (χ1) is 5.18. The van der Waals surface area contributed by atoms with Gasteiger partial charge >= 0.3 is 6.09 Å². The van der Waals surface area contributed by atoms with Crippen LogP contribution in [0, 0.1) is 0 Å². The number of carboxylic acid groups (broad SMARTS) is 1. The van der Waals surface area contributed by atoms with Gasteiger partial charge in [-0.1, -0.05) is 0 Å². The van der Waals surface area contributed by atoms with E-state index in [9.17, 15) is 9.28 Å². The van der Waals surface area contributed by atoms with Gasteiger partial charge in [0.25, 0.3) is 0 Å². The quantitative estimate of drug-likeness (QED) is 0.555. The molecule has 1 saturated heterocycles.